The number of rotatable bonds is 4. The van der Waals surface area contributed by atoms with E-state index in [1.54, 1.807) is 12.4 Å². The fourth-order valence-electron chi connectivity index (χ4n) is 2.64. The lowest BCUT2D eigenvalue weighted by molar-refractivity contribution is -0.125. The van der Waals surface area contributed by atoms with Gasteiger partial charge in [-0.05, 0) is 49.2 Å². The van der Waals surface area contributed by atoms with Crippen molar-refractivity contribution in [2.75, 3.05) is 0 Å². The van der Waals surface area contributed by atoms with Crippen molar-refractivity contribution in [2.24, 2.45) is 0 Å². The number of amides is 1. The van der Waals surface area contributed by atoms with Gasteiger partial charge in [-0.15, -0.1) is 0 Å². The van der Waals surface area contributed by atoms with Crippen molar-refractivity contribution >= 4 is 28.4 Å². The molecule has 118 valence electrons. The van der Waals surface area contributed by atoms with Crippen molar-refractivity contribution in [1.29, 1.82) is 0 Å². The summed E-state index contributed by atoms with van der Waals surface area (Å²) < 4.78 is 0. The van der Waals surface area contributed by atoms with Gasteiger partial charge in [0.1, 0.15) is 0 Å². The van der Waals surface area contributed by atoms with E-state index in [1.165, 1.54) is 0 Å². The fraction of sp³-hybridized carbons (Fsp3) is 0.222. The van der Waals surface area contributed by atoms with Gasteiger partial charge in [0.15, 0.2) is 0 Å². The molecule has 0 bridgehead atoms. The van der Waals surface area contributed by atoms with Gasteiger partial charge in [0.25, 0.3) is 0 Å². The highest BCUT2D eigenvalue weighted by molar-refractivity contribution is 6.31. The molecule has 2 heterocycles. The molecule has 1 aromatic carbocycles. The number of nitrogens with one attached hydrogen (secondary N) is 2. The molecule has 3 rings (SSSR count). The number of halogens is 1. The molecule has 2 N–H and O–H groups in total. The number of fused-ring (bicyclic) bond motifs is 1. The van der Waals surface area contributed by atoms with Crippen molar-refractivity contribution in [2.45, 2.75) is 25.8 Å². The van der Waals surface area contributed by atoms with Gasteiger partial charge in [0, 0.05) is 41.1 Å². The Balaban J connectivity index is 1.83. The lowest BCUT2D eigenvalue weighted by Crippen LogP contribution is -2.39. The Morgan fingerprint density at radius 2 is 2.00 bits per heavy atom. The van der Waals surface area contributed by atoms with Crippen LogP contribution < -0.4 is 5.32 Å². The molecule has 1 amide bonds. The predicted molar refractivity (Wildman–Crippen MR) is 92.4 cm³/mol. The van der Waals surface area contributed by atoms with Crippen LogP contribution in [0, 0.1) is 0 Å². The summed E-state index contributed by atoms with van der Waals surface area (Å²) in [5.41, 5.74) is 2.26. The maximum Gasteiger partial charge on any atom is 0.230 e. The van der Waals surface area contributed by atoms with Crippen LogP contribution in [0.1, 0.15) is 25.0 Å². The second-order valence-corrected chi connectivity index (χ2v) is 6.49. The number of aromatic amines is 1. The molecule has 0 unspecified atom stereocenters. The van der Waals surface area contributed by atoms with Crippen LogP contribution >= 0.6 is 11.6 Å². The van der Waals surface area contributed by atoms with Crippen molar-refractivity contribution in [3.05, 3.63) is 65.1 Å². The van der Waals surface area contributed by atoms with Gasteiger partial charge in [0.05, 0.1) is 5.41 Å². The van der Waals surface area contributed by atoms with E-state index in [2.05, 4.69) is 15.3 Å². The van der Waals surface area contributed by atoms with Gasteiger partial charge in [-0.1, -0.05) is 17.7 Å². The number of carbonyl (C=O) groups is 1. The molecule has 0 aliphatic carbocycles. The summed E-state index contributed by atoms with van der Waals surface area (Å²) in [6.07, 6.45) is 5.32. The summed E-state index contributed by atoms with van der Waals surface area (Å²) in [5.74, 6) is -0.0230. The van der Waals surface area contributed by atoms with Crippen LogP contribution in [0.2, 0.25) is 5.02 Å². The molecule has 4 nitrogen and oxygen atoms in total. The standard InChI is InChI=1S/C18H18ClN3O/c1-18(2,17(23)22-10-12-5-7-20-8-6-12)15-11-21-16-9-13(19)3-4-14(15)16/h3-9,11,21H,10H2,1-2H3,(H,22,23). The molecule has 0 aliphatic heterocycles. The van der Waals surface area contributed by atoms with Crippen molar-refractivity contribution in [3.63, 3.8) is 0 Å². The third kappa shape index (κ3) is 3.08. The minimum atomic E-state index is -0.654. The topological polar surface area (TPSA) is 57.8 Å². The van der Waals surface area contributed by atoms with E-state index in [0.717, 1.165) is 22.0 Å². The first-order valence-corrected chi connectivity index (χ1v) is 7.80. The van der Waals surface area contributed by atoms with E-state index < -0.39 is 5.41 Å². The highest BCUT2D eigenvalue weighted by atomic mass is 35.5. The SMILES string of the molecule is CC(C)(C(=O)NCc1ccncc1)c1c[nH]c2cc(Cl)ccc12. The molecule has 23 heavy (non-hydrogen) atoms. The Morgan fingerprint density at radius 1 is 1.26 bits per heavy atom. The van der Waals surface area contributed by atoms with E-state index in [1.807, 2.05) is 50.4 Å². The van der Waals surface area contributed by atoms with Gasteiger partial charge < -0.3 is 10.3 Å². The Morgan fingerprint density at radius 3 is 2.74 bits per heavy atom. The summed E-state index contributed by atoms with van der Waals surface area (Å²) >= 11 is 6.02. The molecule has 0 aliphatic rings. The zero-order valence-electron chi connectivity index (χ0n) is 13.1. The predicted octanol–water partition coefficient (Wildman–Crippen LogP) is 3.81. The molecule has 0 fully saturated rings. The summed E-state index contributed by atoms with van der Waals surface area (Å²) in [5, 5.41) is 4.68. The van der Waals surface area contributed by atoms with Crippen molar-refractivity contribution in [3.8, 4) is 0 Å². The number of carbonyl (C=O) groups excluding carboxylic acids is 1. The molecule has 5 heteroatoms. The van der Waals surface area contributed by atoms with Gasteiger partial charge in [0.2, 0.25) is 5.91 Å². The van der Waals surface area contributed by atoms with Crippen LogP contribution in [0.5, 0.6) is 0 Å². The minimum Gasteiger partial charge on any atom is -0.361 e. The van der Waals surface area contributed by atoms with Crippen LogP contribution in [0.25, 0.3) is 10.9 Å². The molecule has 2 aromatic heterocycles. The lowest BCUT2D eigenvalue weighted by Gasteiger charge is -2.23. The third-order valence-corrected chi connectivity index (χ3v) is 4.32. The van der Waals surface area contributed by atoms with E-state index >= 15 is 0 Å². The Bertz CT molecular complexity index is 840. The van der Waals surface area contributed by atoms with Crippen LogP contribution in [0.3, 0.4) is 0 Å². The van der Waals surface area contributed by atoms with Gasteiger partial charge >= 0.3 is 0 Å². The number of benzene rings is 1. The van der Waals surface area contributed by atoms with E-state index in [4.69, 9.17) is 11.6 Å². The fourth-order valence-corrected chi connectivity index (χ4v) is 2.81. The van der Waals surface area contributed by atoms with Crippen molar-refractivity contribution in [1.82, 2.24) is 15.3 Å². The second kappa shape index (κ2) is 6.05. The summed E-state index contributed by atoms with van der Waals surface area (Å²) in [7, 11) is 0. The second-order valence-electron chi connectivity index (χ2n) is 6.06. The Labute approximate surface area is 139 Å². The average Bonchev–Trinajstić information content (AvgIpc) is 2.97. The number of pyridine rings is 1. The minimum absolute atomic E-state index is 0.0230. The number of nitrogens with zero attached hydrogens (tertiary/aromatic N) is 1. The Hall–Kier alpha value is -2.33. The first kappa shape index (κ1) is 15.6. The molecule has 0 saturated carbocycles. The maximum atomic E-state index is 12.7. The first-order chi connectivity index (χ1) is 11.0. The normalized spacial score (nSPS) is 11.6. The van der Waals surface area contributed by atoms with Gasteiger partial charge in [-0.3, -0.25) is 9.78 Å². The van der Waals surface area contributed by atoms with E-state index in [-0.39, 0.29) is 5.91 Å². The van der Waals surface area contributed by atoms with Crippen LogP contribution in [-0.2, 0) is 16.8 Å². The van der Waals surface area contributed by atoms with Crippen LogP contribution in [0.15, 0.2) is 48.9 Å². The lowest BCUT2D eigenvalue weighted by atomic mass is 9.83. The molecule has 0 radical (unpaired) electrons. The number of H-pyrrole nitrogens is 1. The molecular formula is C18H18ClN3O. The maximum absolute atomic E-state index is 12.7. The quantitative estimate of drug-likeness (QED) is 0.765. The first-order valence-electron chi connectivity index (χ1n) is 7.43. The number of hydrogen-bond acceptors (Lipinski definition) is 2. The monoisotopic (exact) mass is 327 g/mol. The molecular weight excluding hydrogens is 310 g/mol. The molecule has 0 atom stereocenters. The smallest absolute Gasteiger partial charge is 0.230 e. The van der Waals surface area contributed by atoms with Crippen LogP contribution in [-0.4, -0.2) is 15.9 Å². The van der Waals surface area contributed by atoms with E-state index in [9.17, 15) is 4.79 Å². The zero-order chi connectivity index (χ0) is 16.4. The highest BCUT2D eigenvalue weighted by Crippen LogP contribution is 2.32. The third-order valence-electron chi connectivity index (χ3n) is 4.09. The Kier molecular flexibility index (Phi) is 4.09. The summed E-state index contributed by atoms with van der Waals surface area (Å²) in [4.78, 5) is 19.8. The molecule has 0 spiro atoms. The number of aromatic nitrogens is 2. The molecule has 3 aromatic rings. The van der Waals surface area contributed by atoms with Crippen LogP contribution in [0.4, 0.5) is 0 Å². The largest absolute Gasteiger partial charge is 0.361 e. The van der Waals surface area contributed by atoms with Gasteiger partial charge in [-0.2, -0.15) is 0 Å². The average molecular weight is 328 g/mol. The highest BCUT2D eigenvalue weighted by Gasteiger charge is 2.32. The van der Waals surface area contributed by atoms with Crippen molar-refractivity contribution < 1.29 is 4.79 Å². The number of hydrogen-bond donors (Lipinski definition) is 2. The zero-order valence-corrected chi connectivity index (χ0v) is 13.8. The van der Waals surface area contributed by atoms with E-state index in [0.29, 0.717) is 11.6 Å². The molecule has 0 saturated heterocycles. The van der Waals surface area contributed by atoms with Gasteiger partial charge in [-0.25, -0.2) is 0 Å². The summed E-state index contributed by atoms with van der Waals surface area (Å²) in [6.45, 7) is 4.33. The summed E-state index contributed by atoms with van der Waals surface area (Å²) in [6, 6.07) is 9.43.